The molecule has 1 heterocycles. The van der Waals surface area contributed by atoms with Crippen LogP contribution in [0, 0.1) is 13.8 Å². The maximum Gasteiger partial charge on any atom is 0.263 e. The molecule has 0 unspecified atom stereocenters. The van der Waals surface area contributed by atoms with E-state index in [0.717, 1.165) is 11.1 Å². The van der Waals surface area contributed by atoms with Gasteiger partial charge in [-0.15, -0.1) is 5.10 Å². The third-order valence-electron chi connectivity index (χ3n) is 2.37. The molecular formula is C12H14N4O2. The highest BCUT2D eigenvalue weighted by Gasteiger charge is 2.06. The summed E-state index contributed by atoms with van der Waals surface area (Å²) in [6.45, 7) is 3.89. The number of aryl methyl sites for hydroxylation is 2. The second-order valence-electron chi connectivity index (χ2n) is 3.96. The summed E-state index contributed by atoms with van der Waals surface area (Å²) in [4.78, 5) is 11.5. The number of carbonyl (C=O) groups is 1. The lowest BCUT2D eigenvalue weighted by atomic mass is 10.1. The van der Waals surface area contributed by atoms with Crippen LogP contribution in [0.5, 0.6) is 5.75 Å². The minimum absolute atomic E-state index is 0.0588. The van der Waals surface area contributed by atoms with E-state index < -0.39 is 0 Å². The molecule has 0 bridgehead atoms. The Morgan fingerprint density at radius 2 is 2.28 bits per heavy atom. The van der Waals surface area contributed by atoms with Crippen molar-refractivity contribution in [1.29, 1.82) is 0 Å². The molecule has 0 radical (unpaired) electrons. The number of rotatable bonds is 4. The van der Waals surface area contributed by atoms with Crippen LogP contribution in [0.2, 0.25) is 0 Å². The average Bonchev–Trinajstić information content (AvgIpc) is 2.80. The Morgan fingerprint density at radius 3 is 2.94 bits per heavy atom. The fourth-order valence-electron chi connectivity index (χ4n) is 1.55. The van der Waals surface area contributed by atoms with E-state index in [1.54, 1.807) is 0 Å². The van der Waals surface area contributed by atoms with Gasteiger partial charge in [-0.05, 0) is 25.5 Å². The van der Waals surface area contributed by atoms with Crippen LogP contribution in [-0.4, -0.2) is 27.9 Å². The maximum absolute atomic E-state index is 11.5. The molecule has 0 aliphatic carbocycles. The number of hydrogen-bond donors (Lipinski definition) is 2. The summed E-state index contributed by atoms with van der Waals surface area (Å²) in [6, 6.07) is 5.80. The first kappa shape index (κ1) is 12.1. The van der Waals surface area contributed by atoms with E-state index in [1.165, 1.54) is 6.20 Å². The van der Waals surface area contributed by atoms with Gasteiger partial charge in [0.2, 0.25) is 0 Å². The highest BCUT2D eigenvalue weighted by atomic mass is 16.5. The molecular weight excluding hydrogens is 232 g/mol. The molecule has 1 amide bonds. The molecule has 0 atom stereocenters. The van der Waals surface area contributed by atoms with Crippen molar-refractivity contribution in [3.05, 3.63) is 35.5 Å². The number of hydrogen-bond acceptors (Lipinski definition) is 4. The SMILES string of the molecule is Cc1ccc(OCC(=O)Nc2cn[nH]n2)c(C)c1. The molecule has 94 valence electrons. The van der Waals surface area contributed by atoms with E-state index in [0.29, 0.717) is 11.6 Å². The summed E-state index contributed by atoms with van der Waals surface area (Å²) >= 11 is 0. The molecule has 1 aromatic carbocycles. The van der Waals surface area contributed by atoms with Crippen molar-refractivity contribution in [3.63, 3.8) is 0 Å². The zero-order valence-electron chi connectivity index (χ0n) is 10.2. The highest BCUT2D eigenvalue weighted by Crippen LogP contribution is 2.18. The second-order valence-corrected chi connectivity index (χ2v) is 3.96. The first-order valence-electron chi connectivity index (χ1n) is 5.51. The lowest BCUT2D eigenvalue weighted by Crippen LogP contribution is -2.20. The molecule has 0 spiro atoms. The lowest BCUT2D eigenvalue weighted by molar-refractivity contribution is -0.118. The van der Waals surface area contributed by atoms with Crippen LogP contribution in [0.15, 0.2) is 24.4 Å². The van der Waals surface area contributed by atoms with Gasteiger partial charge in [0.25, 0.3) is 5.91 Å². The molecule has 0 aliphatic rings. The van der Waals surface area contributed by atoms with Crippen molar-refractivity contribution in [2.75, 3.05) is 11.9 Å². The smallest absolute Gasteiger partial charge is 0.263 e. The average molecular weight is 246 g/mol. The lowest BCUT2D eigenvalue weighted by Gasteiger charge is -2.09. The molecule has 0 saturated heterocycles. The third kappa shape index (κ3) is 3.07. The summed E-state index contributed by atoms with van der Waals surface area (Å²) in [7, 11) is 0. The number of nitrogens with one attached hydrogen (secondary N) is 2. The van der Waals surface area contributed by atoms with E-state index >= 15 is 0 Å². The molecule has 0 saturated carbocycles. The van der Waals surface area contributed by atoms with E-state index in [9.17, 15) is 4.79 Å². The van der Waals surface area contributed by atoms with Gasteiger partial charge in [0.05, 0.1) is 6.20 Å². The Balaban J connectivity index is 1.89. The van der Waals surface area contributed by atoms with Gasteiger partial charge in [-0.25, -0.2) is 0 Å². The fourth-order valence-corrected chi connectivity index (χ4v) is 1.55. The molecule has 2 aromatic rings. The quantitative estimate of drug-likeness (QED) is 0.855. The first-order chi connectivity index (χ1) is 8.65. The monoisotopic (exact) mass is 246 g/mol. The van der Waals surface area contributed by atoms with E-state index in [2.05, 4.69) is 20.7 Å². The molecule has 6 nitrogen and oxygen atoms in total. The van der Waals surface area contributed by atoms with Gasteiger partial charge < -0.3 is 10.1 Å². The van der Waals surface area contributed by atoms with Gasteiger partial charge in [0.1, 0.15) is 5.75 Å². The van der Waals surface area contributed by atoms with Gasteiger partial charge in [0.15, 0.2) is 12.4 Å². The molecule has 18 heavy (non-hydrogen) atoms. The van der Waals surface area contributed by atoms with Crippen molar-refractivity contribution in [2.24, 2.45) is 0 Å². The molecule has 2 rings (SSSR count). The Morgan fingerprint density at radius 1 is 1.44 bits per heavy atom. The van der Waals surface area contributed by atoms with Crippen LogP contribution in [0.1, 0.15) is 11.1 Å². The number of H-pyrrole nitrogens is 1. The summed E-state index contributed by atoms with van der Waals surface area (Å²) in [5.41, 5.74) is 2.16. The van der Waals surface area contributed by atoms with E-state index in [4.69, 9.17) is 4.74 Å². The number of carbonyl (C=O) groups excluding carboxylic acids is 1. The van der Waals surface area contributed by atoms with Crippen LogP contribution < -0.4 is 10.1 Å². The Labute approximate surface area is 104 Å². The predicted octanol–water partition coefficient (Wildman–Crippen LogP) is 1.44. The van der Waals surface area contributed by atoms with Crippen LogP contribution >= 0.6 is 0 Å². The van der Waals surface area contributed by atoms with Crippen LogP contribution in [-0.2, 0) is 4.79 Å². The summed E-state index contributed by atoms with van der Waals surface area (Å²) in [5, 5.41) is 12.3. The number of anilines is 1. The molecule has 0 aliphatic heterocycles. The van der Waals surface area contributed by atoms with Crippen LogP contribution in [0.4, 0.5) is 5.82 Å². The Hall–Kier alpha value is -2.37. The number of aromatic amines is 1. The minimum atomic E-state index is -0.274. The summed E-state index contributed by atoms with van der Waals surface area (Å²) in [6.07, 6.45) is 1.43. The normalized spacial score (nSPS) is 10.1. The van der Waals surface area contributed by atoms with E-state index in [-0.39, 0.29) is 12.5 Å². The zero-order chi connectivity index (χ0) is 13.0. The number of aromatic nitrogens is 3. The Bertz CT molecular complexity index is 537. The van der Waals surface area contributed by atoms with Crippen LogP contribution in [0.25, 0.3) is 0 Å². The van der Waals surface area contributed by atoms with Crippen molar-refractivity contribution < 1.29 is 9.53 Å². The van der Waals surface area contributed by atoms with Crippen molar-refractivity contribution in [2.45, 2.75) is 13.8 Å². The van der Waals surface area contributed by atoms with Crippen molar-refractivity contribution >= 4 is 11.7 Å². The number of amides is 1. The first-order valence-corrected chi connectivity index (χ1v) is 5.51. The number of ether oxygens (including phenoxy) is 1. The summed E-state index contributed by atoms with van der Waals surface area (Å²) < 4.78 is 5.43. The number of nitrogens with zero attached hydrogens (tertiary/aromatic N) is 2. The Kier molecular flexibility index (Phi) is 3.57. The third-order valence-corrected chi connectivity index (χ3v) is 2.37. The standard InChI is InChI=1S/C12H14N4O2/c1-8-3-4-10(9(2)5-8)18-7-12(17)14-11-6-13-16-15-11/h3-6H,7H2,1-2H3,(H2,13,14,15,16,17). The fraction of sp³-hybridized carbons (Fsp3) is 0.250. The van der Waals surface area contributed by atoms with Gasteiger partial charge >= 0.3 is 0 Å². The summed E-state index contributed by atoms with van der Waals surface area (Å²) in [5.74, 6) is 0.809. The van der Waals surface area contributed by atoms with Crippen molar-refractivity contribution in [3.8, 4) is 5.75 Å². The molecule has 2 N–H and O–H groups in total. The minimum Gasteiger partial charge on any atom is -0.483 e. The maximum atomic E-state index is 11.5. The molecule has 1 aromatic heterocycles. The predicted molar refractivity (Wildman–Crippen MR) is 66.4 cm³/mol. The van der Waals surface area contributed by atoms with Gasteiger partial charge in [-0.1, -0.05) is 17.7 Å². The highest BCUT2D eigenvalue weighted by molar-refractivity contribution is 5.90. The van der Waals surface area contributed by atoms with Gasteiger partial charge in [-0.2, -0.15) is 10.3 Å². The largest absolute Gasteiger partial charge is 0.483 e. The van der Waals surface area contributed by atoms with E-state index in [1.807, 2.05) is 32.0 Å². The topological polar surface area (TPSA) is 79.9 Å². The molecule has 6 heteroatoms. The zero-order valence-corrected chi connectivity index (χ0v) is 10.2. The second kappa shape index (κ2) is 5.31. The van der Waals surface area contributed by atoms with Crippen molar-refractivity contribution in [1.82, 2.24) is 15.4 Å². The van der Waals surface area contributed by atoms with Crippen LogP contribution in [0.3, 0.4) is 0 Å². The number of benzene rings is 1. The molecule has 0 fully saturated rings. The van der Waals surface area contributed by atoms with Gasteiger partial charge in [-0.3, -0.25) is 4.79 Å². The van der Waals surface area contributed by atoms with Gasteiger partial charge in [0, 0.05) is 0 Å².